The van der Waals surface area contributed by atoms with Crippen molar-refractivity contribution >= 4 is 27.8 Å². The number of likely N-dealkylation sites (tertiary alicyclic amines) is 1. The summed E-state index contributed by atoms with van der Waals surface area (Å²) < 4.78 is 0. The molecule has 0 spiro atoms. The van der Waals surface area contributed by atoms with Crippen LogP contribution < -0.4 is 0 Å². The van der Waals surface area contributed by atoms with E-state index in [0.717, 1.165) is 38.8 Å². The Hall–Kier alpha value is -0.580. The third-order valence-electron chi connectivity index (χ3n) is 3.84. The van der Waals surface area contributed by atoms with E-state index in [1.54, 1.807) is 0 Å². The summed E-state index contributed by atoms with van der Waals surface area (Å²) >= 11 is 3.47. The number of rotatable bonds is 3. The van der Waals surface area contributed by atoms with Gasteiger partial charge in [-0.2, -0.15) is 0 Å². The number of halogens is 1. The lowest BCUT2D eigenvalue weighted by molar-refractivity contribution is -0.143. The van der Waals surface area contributed by atoms with Gasteiger partial charge < -0.3 is 10.0 Å². The third kappa shape index (κ3) is 3.21. The SMILES string of the molecule is O=C(O)C1CCC(CN2CC(Br)CC2=O)CC1. The molecule has 5 heteroatoms. The molecule has 0 radical (unpaired) electrons. The van der Waals surface area contributed by atoms with Gasteiger partial charge in [0.05, 0.1) is 5.92 Å². The highest BCUT2D eigenvalue weighted by atomic mass is 79.9. The minimum atomic E-state index is -0.666. The molecular weight excluding hydrogens is 286 g/mol. The van der Waals surface area contributed by atoms with E-state index in [1.165, 1.54) is 0 Å². The van der Waals surface area contributed by atoms with E-state index in [-0.39, 0.29) is 11.8 Å². The fourth-order valence-electron chi connectivity index (χ4n) is 2.80. The van der Waals surface area contributed by atoms with Gasteiger partial charge in [-0.3, -0.25) is 9.59 Å². The highest BCUT2D eigenvalue weighted by molar-refractivity contribution is 9.09. The van der Waals surface area contributed by atoms with E-state index in [0.29, 0.717) is 17.2 Å². The molecule has 0 aromatic heterocycles. The molecule has 2 aliphatic rings. The Balaban J connectivity index is 1.78. The normalized spacial score (nSPS) is 34.1. The number of aliphatic carboxylic acids is 1. The van der Waals surface area contributed by atoms with Crippen LogP contribution in [0.3, 0.4) is 0 Å². The third-order valence-corrected chi connectivity index (χ3v) is 4.46. The monoisotopic (exact) mass is 303 g/mol. The second-order valence-electron chi connectivity index (χ2n) is 5.16. The first-order chi connectivity index (χ1) is 8.06. The summed E-state index contributed by atoms with van der Waals surface area (Å²) in [6.45, 7) is 1.62. The van der Waals surface area contributed by atoms with Crippen LogP contribution in [0.25, 0.3) is 0 Å². The molecule has 1 aliphatic heterocycles. The van der Waals surface area contributed by atoms with Crippen LogP contribution in [0.5, 0.6) is 0 Å². The van der Waals surface area contributed by atoms with Gasteiger partial charge in [-0.05, 0) is 31.6 Å². The van der Waals surface area contributed by atoms with Gasteiger partial charge in [0.1, 0.15) is 0 Å². The first kappa shape index (κ1) is 12.9. The van der Waals surface area contributed by atoms with E-state index in [1.807, 2.05) is 4.90 Å². The standard InChI is InChI=1S/C12H18BrNO3/c13-10-5-11(15)14(7-10)6-8-1-3-9(4-2-8)12(16)17/h8-10H,1-7H2,(H,16,17). The minimum Gasteiger partial charge on any atom is -0.481 e. The number of carboxylic acids is 1. The molecule has 1 N–H and O–H groups in total. The Labute approximate surface area is 109 Å². The number of nitrogens with zero attached hydrogens (tertiary/aromatic N) is 1. The quantitative estimate of drug-likeness (QED) is 0.810. The predicted octanol–water partition coefficient (Wildman–Crippen LogP) is 1.87. The highest BCUT2D eigenvalue weighted by Crippen LogP contribution is 2.30. The lowest BCUT2D eigenvalue weighted by Crippen LogP contribution is -2.33. The molecule has 1 aliphatic carbocycles. The van der Waals surface area contributed by atoms with Crippen molar-refractivity contribution < 1.29 is 14.7 Å². The van der Waals surface area contributed by atoms with Gasteiger partial charge in [-0.15, -0.1) is 0 Å². The summed E-state index contributed by atoms with van der Waals surface area (Å²) in [6, 6.07) is 0. The molecule has 1 heterocycles. The van der Waals surface area contributed by atoms with Crippen LogP contribution in [0.1, 0.15) is 32.1 Å². The van der Waals surface area contributed by atoms with Crippen molar-refractivity contribution in [1.29, 1.82) is 0 Å². The smallest absolute Gasteiger partial charge is 0.306 e. The average molecular weight is 304 g/mol. The molecule has 96 valence electrons. The molecule has 2 rings (SSSR count). The van der Waals surface area contributed by atoms with Gasteiger partial charge in [0.25, 0.3) is 0 Å². The Bertz CT molecular complexity index is 313. The number of carbonyl (C=O) groups excluding carboxylic acids is 1. The lowest BCUT2D eigenvalue weighted by atomic mass is 9.82. The molecule has 1 saturated carbocycles. The van der Waals surface area contributed by atoms with Crippen molar-refractivity contribution in [3.8, 4) is 0 Å². The summed E-state index contributed by atoms with van der Waals surface area (Å²) in [7, 11) is 0. The van der Waals surface area contributed by atoms with Crippen molar-refractivity contribution in [3.05, 3.63) is 0 Å². The van der Waals surface area contributed by atoms with Crippen LogP contribution in [0.2, 0.25) is 0 Å². The van der Waals surface area contributed by atoms with Crippen molar-refractivity contribution in [3.63, 3.8) is 0 Å². The van der Waals surface area contributed by atoms with Crippen LogP contribution in [-0.2, 0) is 9.59 Å². The summed E-state index contributed by atoms with van der Waals surface area (Å²) in [6.07, 6.45) is 4.01. The maximum atomic E-state index is 11.6. The van der Waals surface area contributed by atoms with Crippen molar-refractivity contribution in [2.24, 2.45) is 11.8 Å². The second kappa shape index (κ2) is 5.38. The van der Waals surface area contributed by atoms with Gasteiger partial charge in [0, 0.05) is 24.3 Å². The van der Waals surface area contributed by atoms with Crippen LogP contribution in [0.15, 0.2) is 0 Å². The molecule has 0 aromatic carbocycles. The van der Waals surface area contributed by atoms with Gasteiger partial charge in [0.2, 0.25) is 5.91 Å². The zero-order valence-corrected chi connectivity index (χ0v) is 11.4. The number of hydrogen-bond donors (Lipinski definition) is 1. The molecule has 0 bridgehead atoms. The van der Waals surface area contributed by atoms with Crippen molar-refractivity contribution in [2.75, 3.05) is 13.1 Å². The van der Waals surface area contributed by atoms with Gasteiger partial charge in [-0.25, -0.2) is 0 Å². The van der Waals surface area contributed by atoms with Crippen LogP contribution in [-0.4, -0.2) is 39.8 Å². The predicted molar refractivity (Wildman–Crippen MR) is 67.0 cm³/mol. The second-order valence-corrected chi connectivity index (χ2v) is 6.45. The first-order valence-electron chi connectivity index (χ1n) is 6.21. The molecule has 1 amide bonds. The largest absolute Gasteiger partial charge is 0.481 e. The topological polar surface area (TPSA) is 57.6 Å². The Morgan fingerprint density at radius 3 is 2.47 bits per heavy atom. The highest BCUT2D eigenvalue weighted by Gasteiger charge is 2.32. The Kier molecular flexibility index (Phi) is 4.07. The number of carboxylic acid groups (broad SMARTS) is 1. The van der Waals surface area contributed by atoms with E-state index in [9.17, 15) is 9.59 Å². The van der Waals surface area contributed by atoms with E-state index < -0.39 is 5.97 Å². The zero-order chi connectivity index (χ0) is 12.4. The van der Waals surface area contributed by atoms with Crippen molar-refractivity contribution in [2.45, 2.75) is 36.9 Å². The molecule has 1 atom stereocenters. The fourth-order valence-corrected chi connectivity index (χ4v) is 3.43. The molecule has 0 aromatic rings. The molecule has 17 heavy (non-hydrogen) atoms. The number of hydrogen-bond acceptors (Lipinski definition) is 2. The maximum Gasteiger partial charge on any atom is 0.306 e. The molecule has 1 unspecified atom stereocenters. The van der Waals surface area contributed by atoms with Crippen LogP contribution >= 0.6 is 15.9 Å². The Morgan fingerprint density at radius 1 is 1.35 bits per heavy atom. The number of carbonyl (C=O) groups is 2. The zero-order valence-electron chi connectivity index (χ0n) is 9.77. The fraction of sp³-hybridized carbons (Fsp3) is 0.833. The van der Waals surface area contributed by atoms with Gasteiger partial charge >= 0.3 is 5.97 Å². The van der Waals surface area contributed by atoms with Crippen molar-refractivity contribution in [1.82, 2.24) is 4.90 Å². The molecule has 1 saturated heterocycles. The summed E-state index contributed by atoms with van der Waals surface area (Å²) in [5, 5.41) is 8.91. The van der Waals surface area contributed by atoms with E-state index in [4.69, 9.17) is 5.11 Å². The first-order valence-corrected chi connectivity index (χ1v) is 7.12. The minimum absolute atomic E-state index is 0.163. The van der Waals surface area contributed by atoms with E-state index in [2.05, 4.69) is 15.9 Å². The summed E-state index contributed by atoms with van der Waals surface area (Å²) in [4.78, 5) is 24.7. The summed E-state index contributed by atoms with van der Waals surface area (Å²) in [5.41, 5.74) is 0. The van der Waals surface area contributed by atoms with Gasteiger partial charge in [-0.1, -0.05) is 15.9 Å². The van der Waals surface area contributed by atoms with E-state index >= 15 is 0 Å². The molecular formula is C12H18BrNO3. The summed E-state index contributed by atoms with van der Waals surface area (Å²) in [5.74, 6) is -0.106. The van der Waals surface area contributed by atoms with Crippen LogP contribution in [0.4, 0.5) is 0 Å². The lowest BCUT2D eigenvalue weighted by Gasteiger charge is -2.29. The number of amides is 1. The molecule has 2 fully saturated rings. The van der Waals surface area contributed by atoms with Gasteiger partial charge in [0.15, 0.2) is 0 Å². The average Bonchev–Trinajstić information content (AvgIpc) is 2.58. The maximum absolute atomic E-state index is 11.6. The van der Waals surface area contributed by atoms with Crippen LogP contribution in [0, 0.1) is 11.8 Å². The number of alkyl halides is 1. The Morgan fingerprint density at radius 2 is 2.00 bits per heavy atom. The molecule has 4 nitrogen and oxygen atoms in total.